The second-order valence-corrected chi connectivity index (χ2v) is 4.65. The smallest absolute Gasteiger partial charge is 0.440 e. The van der Waals surface area contributed by atoms with Gasteiger partial charge in [-0.2, -0.15) is 13.2 Å². The molecule has 0 amide bonds. The van der Waals surface area contributed by atoms with E-state index in [4.69, 9.17) is 0 Å². The van der Waals surface area contributed by atoms with Crippen LogP contribution < -0.4 is 5.32 Å². The second kappa shape index (κ2) is 4.13. The van der Waals surface area contributed by atoms with E-state index in [0.29, 0.717) is 6.42 Å². The number of piperidine rings is 1. The monoisotopic (exact) mass is 252 g/mol. The lowest BCUT2D eigenvalue weighted by Gasteiger charge is -2.57. The quantitative estimate of drug-likeness (QED) is 0.703. The Kier molecular flexibility index (Phi) is 3.07. The molecule has 7 heteroatoms. The predicted molar refractivity (Wildman–Crippen MR) is 53.1 cm³/mol. The van der Waals surface area contributed by atoms with Gasteiger partial charge in [-0.05, 0) is 33.0 Å². The maximum Gasteiger partial charge on any atom is 0.490 e. The molecule has 4 nitrogen and oxygen atoms in total. The first-order chi connectivity index (χ1) is 7.85. The minimum absolute atomic E-state index is 0.0816. The molecule has 1 atom stereocenters. The molecule has 0 saturated carbocycles. The SMILES string of the molecule is CN1C(OC(=O)C(F)(F)F)CC12CCNCC2. The summed E-state index contributed by atoms with van der Waals surface area (Å²) in [6, 6.07) is 0. The molecule has 2 aliphatic rings. The van der Waals surface area contributed by atoms with Crippen molar-refractivity contribution in [3.63, 3.8) is 0 Å². The van der Waals surface area contributed by atoms with Crippen LogP contribution in [0.3, 0.4) is 0 Å². The number of nitrogens with one attached hydrogen (secondary N) is 1. The highest BCUT2D eigenvalue weighted by Crippen LogP contribution is 2.42. The van der Waals surface area contributed by atoms with Gasteiger partial charge in [0.25, 0.3) is 0 Å². The zero-order valence-electron chi connectivity index (χ0n) is 9.51. The van der Waals surface area contributed by atoms with Gasteiger partial charge in [-0.15, -0.1) is 0 Å². The first-order valence-electron chi connectivity index (χ1n) is 5.57. The summed E-state index contributed by atoms with van der Waals surface area (Å²) in [5.74, 6) is -2.10. The van der Waals surface area contributed by atoms with Crippen LogP contribution in [0.15, 0.2) is 0 Å². The number of rotatable bonds is 1. The van der Waals surface area contributed by atoms with Crippen molar-refractivity contribution >= 4 is 5.97 Å². The number of hydrogen-bond acceptors (Lipinski definition) is 4. The van der Waals surface area contributed by atoms with Crippen LogP contribution in [0.25, 0.3) is 0 Å². The molecule has 0 aliphatic carbocycles. The van der Waals surface area contributed by atoms with Gasteiger partial charge in [0.05, 0.1) is 0 Å². The van der Waals surface area contributed by atoms with Crippen molar-refractivity contribution in [2.45, 2.75) is 37.2 Å². The van der Waals surface area contributed by atoms with Gasteiger partial charge in [0.15, 0.2) is 6.23 Å². The predicted octanol–water partition coefficient (Wildman–Crippen LogP) is 0.876. The summed E-state index contributed by atoms with van der Waals surface area (Å²) in [6.07, 6.45) is -3.39. The van der Waals surface area contributed by atoms with E-state index in [2.05, 4.69) is 10.1 Å². The van der Waals surface area contributed by atoms with E-state index in [-0.39, 0.29) is 5.54 Å². The zero-order chi connectivity index (χ0) is 12.7. The van der Waals surface area contributed by atoms with Gasteiger partial charge in [0.2, 0.25) is 0 Å². The Morgan fingerprint density at radius 1 is 1.41 bits per heavy atom. The van der Waals surface area contributed by atoms with Crippen LogP contribution in [-0.4, -0.2) is 48.9 Å². The van der Waals surface area contributed by atoms with Crippen molar-refractivity contribution in [1.82, 2.24) is 10.2 Å². The molecule has 0 bridgehead atoms. The Labute approximate surface area is 97.1 Å². The highest BCUT2D eigenvalue weighted by atomic mass is 19.4. The van der Waals surface area contributed by atoms with Gasteiger partial charge in [-0.3, -0.25) is 4.90 Å². The third-order valence-electron chi connectivity index (χ3n) is 3.74. The van der Waals surface area contributed by atoms with Crippen LogP contribution >= 0.6 is 0 Å². The molecule has 17 heavy (non-hydrogen) atoms. The number of halogens is 3. The molecule has 2 heterocycles. The summed E-state index contributed by atoms with van der Waals surface area (Å²) >= 11 is 0. The summed E-state index contributed by atoms with van der Waals surface area (Å²) in [7, 11) is 1.71. The average molecular weight is 252 g/mol. The lowest BCUT2D eigenvalue weighted by atomic mass is 9.76. The normalized spacial score (nSPS) is 28.8. The minimum Gasteiger partial charge on any atom is -0.440 e. The Hall–Kier alpha value is -0.820. The number of ether oxygens (including phenoxy) is 1. The Morgan fingerprint density at radius 2 is 2.00 bits per heavy atom. The highest BCUT2D eigenvalue weighted by molar-refractivity contribution is 5.75. The number of hydrogen-bond donors (Lipinski definition) is 1. The van der Waals surface area contributed by atoms with E-state index < -0.39 is 18.4 Å². The lowest BCUT2D eigenvalue weighted by Crippen LogP contribution is -2.68. The van der Waals surface area contributed by atoms with Crippen LogP contribution in [0.2, 0.25) is 0 Å². The van der Waals surface area contributed by atoms with E-state index >= 15 is 0 Å². The first-order valence-corrected chi connectivity index (χ1v) is 5.57. The molecule has 1 unspecified atom stereocenters. The van der Waals surface area contributed by atoms with Gasteiger partial charge in [0, 0.05) is 12.0 Å². The molecule has 0 radical (unpaired) electrons. The number of esters is 1. The number of carbonyl (C=O) groups is 1. The third kappa shape index (κ3) is 2.26. The van der Waals surface area contributed by atoms with Gasteiger partial charge < -0.3 is 10.1 Å². The topological polar surface area (TPSA) is 41.6 Å². The van der Waals surface area contributed by atoms with Crippen molar-refractivity contribution in [3.05, 3.63) is 0 Å². The van der Waals surface area contributed by atoms with Crippen LogP contribution in [0.5, 0.6) is 0 Å². The van der Waals surface area contributed by atoms with Gasteiger partial charge in [0.1, 0.15) is 0 Å². The molecular weight excluding hydrogens is 237 g/mol. The van der Waals surface area contributed by atoms with E-state index in [9.17, 15) is 18.0 Å². The Bertz CT molecular complexity index is 313. The lowest BCUT2D eigenvalue weighted by molar-refractivity contribution is -0.240. The summed E-state index contributed by atoms with van der Waals surface area (Å²) < 4.78 is 40.5. The molecule has 0 aromatic heterocycles. The van der Waals surface area contributed by atoms with Gasteiger partial charge in [-0.1, -0.05) is 0 Å². The molecule has 1 N–H and O–H groups in total. The molecule has 0 aromatic carbocycles. The molecular formula is C10H15F3N2O2. The summed E-state index contributed by atoms with van der Waals surface area (Å²) in [5, 5.41) is 3.19. The van der Waals surface area contributed by atoms with E-state index in [1.54, 1.807) is 11.9 Å². The maximum atomic E-state index is 12.0. The number of nitrogens with zero attached hydrogens (tertiary/aromatic N) is 1. The summed E-state index contributed by atoms with van der Waals surface area (Å²) in [4.78, 5) is 12.4. The van der Waals surface area contributed by atoms with E-state index in [1.165, 1.54) is 0 Å². The van der Waals surface area contributed by atoms with Crippen LogP contribution in [-0.2, 0) is 9.53 Å². The summed E-state index contributed by atoms with van der Waals surface area (Å²) in [6.45, 7) is 1.70. The number of alkyl halides is 3. The Balaban J connectivity index is 1.89. The fourth-order valence-electron chi connectivity index (χ4n) is 2.56. The van der Waals surface area contributed by atoms with E-state index in [1.807, 2.05) is 0 Å². The molecule has 98 valence electrons. The van der Waals surface area contributed by atoms with Crippen molar-refractivity contribution in [2.75, 3.05) is 20.1 Å². The molecule has 2 rings (SSSR count). The fraction of sp³-hybridized carbons (Fsp3) is 0.900. The van der Waals surface area contributed by atoms with Crippen molar-refractivity contribution in [3.8, 4) is 0 Å². The average Bonchev–Trinajstić information content (AvgIpc) is 2.28. The van der Waals surface area contributed by atoms with Crippen molar-refractivity contribution in [1.29, 1.82) is 0 Å². The number of carbonyl (C=O) groups excluding carboxylic acids is 1. The second-order valence-electron chi connectivity index (χ2n) is 4.65. The molecule has 1 spiro atoms. The van der Waals surface area contributed by atoms with Gasteiger partial charge in [-0.25, -0.2) is 4.79 Å². The zero-order valence-corrected chi connectivity index (χ0v) is 9.51. The summed E-state index contributed by atoms with van der Waals surface area (Å²) in [5.41, 5.74) is -0.0816. The fourth-order valence-corrected chi connectivity index (χ4v) is 2.56. The molecule has 2 aliphatic heterocycles. The highest BCUT2D eigenvalue weighted by Gasteiger charge is 2.53. The number of likely N-dealkylation sites (tertiary alicyclic amines) is 1. The maximum absolute atomic E-state index is 12.0. The van der Waals surface area contributed by atoms with Crippen LogP contribution in [0.4, 0.5) is 13.2 Å². The molecule has 2 fully saturated rings. The van der Waals surface area contributed by atoms with Crippen LogP contribution in [0.1, 0.15) is 19.3 Å². The van der Waals surface area contributed by atoms with Crippen LogP contribution in [0, 0.1) is 0 Å². The molecule has 0 aromatic rings. The van der Waals surface area contributed by atoms with Crippen molar-refractivity contribution in [2.24, 2.45) is 0 Å². The van der Waals surface area contributed by atoms with Gasteiger partial charge >= 0.3 is 12.1 Å². The third-order valence-corrected chi connectivity index (χ3v) is 3.74. The molecule has 2 saturated heterocycles. The Morgan fingerprint density at radius 3 is 2.47 bits per heavy atom. The first kappa shape index (κ1) is 12.6. The standard InChI is InChI=1S/C10H15F3N2O2/c1-15-7(17-8(16)10(11,12)13)6-9(15)2-4-14-5-3-9/h7,14H,2-6H2,1H3. The largest absolute Gasteiger partial charge is 0.490 e. The van der Waals surface area contributed by atoms with Crippen molar-refractivity contribution < 1.29 is 22.7 Å². The minimum atomic E-state index is -4.91. The van der Waals surface area contributed by atoms with E-state index in [0.717, 1.165) is 25.9 Å².